The molecule has 12 heteroatoms. The lowest BCUT2D eigenvalue weighted by Gasteiger charge is -2.31. The highest BCUT2D eigenvalue weighted by Crippen LogP contribution is 2.40. The van der Waals surface area contributed by atoms with E-state index < -0.39 is 59.4 Å². The minimum Gasteiger partial charge on any atom is -0.496 e. The first-order valence-corrected chi connectivity index (χ1v) is 12.3. The highest BCUT2D eigenvalue weighted by Gasteiger charge is 2.38. The summed E-state index contributed by atoms with van der Waals surface area (Å²) >= 11 is 0. The molecule has 3 aromatic rings. The van der Waals surface area contributed by atoms with Gasteiger partial charge in [-0.25, -0.2) is 8.78 Å². The van der Waals surface area contributed by atoms with Crippen molar-refractivity contribution in [1.82, 2.24) is 4.90 Å². The van der Waals surface area contributed by atoms with Crippen LogP contribution in [0, 0.1) is 11.6 Å². The fourth-order valence-electron chi connectivity index (χ4n) is 4.43. The van der Waals surface area contributed by atoms with Crippen molar-refractivity contribution < 1.29 is 49.8 Å². The van der Waals surface area contributed by atoms with E-state index in [0.29, 0.717) is 23.3 Å². The second-order valence-corrected chi connectivity index (χ2v) is 9.80. The highest BCUT2D eigenvalue weighted by atomic mass is 19.4. The first-order valence-electron chi connectivity index (χ1n) is 12.3. The molecule has 0 heterocycles. The van der Waals surface area contributed by atoms with Crippen LogP contribution in [-0.2, 0) is 23.7 Å². The Morgan fingerprint density at radius 1 is 0.878 bits per heavy atom. The van der Waals surface area contributed by atoms with Crippen molar-refractivity contribution in [2.75, 3.05) is 7.11 Å². The van der Waals surface area contributed by atoms with Crippen molar-refractivity contribution in [3.63, 3.8) is 0 Å². The zero-order valence-electron chi connectivity index (χ0n) is 22.4. The lowest BCUT2D eigenvalue weighted by Crippen LogP contribution is -2.36. The monoisotopic (exact) mass is 589 g/mol. The Morgan fingerprint density at radius 2 is 1.46 bits per heavy atom. The van der Waals surface area contributed by atoms with Gasteiger partial charge in [0.05, 0.1) is 30.4 Å². The van der Waals surface area contributed by atoms with Crippen LogP contribution in [0.4, 0.5) is 35.1 Å². The van der Waals surface area contributed by atoms with Gasteiger partial charge in [0.15, 0.2) is 0 Å². The minimum absolute atomic E-state index is 0.0631. The molecule has 0 radical (unpaired) electrons. The van der Waals surface area contributed by atoms with Gasteiger partial charge in [-0.2, -0.15) is 26.3 Å². The second kappa shape index (κ2) is 12.1. The molecule has 0 aliphatic rings. The molecule has 1 N–H and O–H groups in total. The zero-order valence-corrected chi connectivity index (χ0v) is 22.4. The maximum absolute atomic E-state index is 15.2. The lowest BCUT2D eigenvalue weighted by molar-refractivity contribution is -0.143. The van der Waals surface area contributed by atoms with Gasteiger partial charge in [0, 0.05) is 23.7 Å². The Labute approximate surface area is 231 Å². The van der Waals surface area contributed by atoms with E-state index in [-0.39, 0.29) is 35.3 Å². The van der Waals surface area contributed by atoms with Crippen LogP contribution in [0.25, 0.3) is 11.1 Å². The van der Waals surface area contributed by atoms with Crippen molar-refractivity contribution in [3.05, 3.63) is 88.0 Å². The van der Waals surface area contributed by atoms with E-state index in [1.807, 2.05) is 0 Å². The normalized spacial score (nSPS) is 13.7. The van der Waals surface area contributed by atoms with Gasteiger partial charge in [-0.05, 0) is 59.9 Å². The average molecular weight is 590 g/mol. The standard InChI is InChI=1S/C29H27F8NO3/c1-15(2)21-11-22(26(41-4)12-25(21)31)20-6-5-7-24(30)23(20)13-38(14-39)16(3)27(40)17-8-18(28(32,33)34)10-19(9-17)29(35,36)37/h5-12,14-16,27,40H,13H2,1-4H3. The first-order chi connectivity index (χ1) is 19.0. The largest absolute Gasteiger partial charge is 0.496 e. The highest BCUT2D eigenvalue weighted by molar-refractivity contribution is 5.75. The number of halogens is 8. The third-order valence-electron chi connectivity index (χ3n) is 6.76. The summed E-state index contributed by atoms with van der Waals surface area (Å²) in [6.45, 7) is 4.15. The number of nitrogens with zero attached hydrogens (tertiary/aromatic N) is 1. The summed E-state index contributed by atoms with van der Waals surface area (Å²) in [6.07, 6.45) is -12.1. The van der Waals surface area contributed by atoms with Crippen molar-refractivity contribution in [1.29, 1.82) is 0 Å². The molecule has 0 aliphatic heterocycles. The lowest BCUT2D eigenvalue weighted by atomic mass is 9.92. The molecule has 0 fully saturated rings. The van der Waals surface area contributed by atoms with Gasteiger partial charge in [0.2, 0.25) is 6.41 Å². The van der Waals surface area contributed by atoms with Gasteiger partial charge in [-0.15, -0.1) is 0 Å². The molecule has 0 bridgehead atoms. The summed E-state index contributed by atoms with van der Waals surface area (Å²) < 4.78 is 115. The fourth-order valence-corrected chi connectivity index (χ4v) is 4.43. The van der Waals surface area contributed by atoms with E-state index in [1.54, 1.807) is 13.8 Å². The molecule has 1 amide bonds. The number of alkyl halides is 6. The third kappa shape index (κ3) is 6.98. The summed E-state index contributed by atoms with van der Waals surface area (Å²) in [4.78, 5) is 12.9. The molecular formula is C29H27F8NO3. The van der Waals surface area contributed by atoms with Crippen LogP contribution in [0.3, 0.4) is 0 Å². The number of hydrogen-bond donors (Lipinski definition) is 1. The molecule has 0 aromatic heterocycles. The number of benzene rings is 3. The molecule has 0 spiro atoms. The average Bonchev–Trinajstić information content (AvgIpc) is 2.89. The number of amides is 1. The van der Waals surface area contributed by atoms with E-state index >= 15 is 4.39 Å². The molecule has 3 aromatic carbocycles. The molecular weight excluding hydrogens is 562 g/mol. The van der Waals surface area contributed by atoms with Crippen LogP contribution in [-0.4, -0.2) is 29.6 Å². The summed E-state index contributed by atoms with van der Waals surface area (Å²) in [7, 11) is 1.28. The molecule has 222 valence electrons. The predicted octanol–water partition coefficient (Wildman–Crippen LogP) is 7.88. The Morgan fingerprint density at radius 3 is 1.95 bits per heavy atom. The van der Waals surface area contributed by atoms with Gasteiger partial charge >= 0.3 is 12.4 Å². The number of rotatable bonds is 9. The maximum atomic E-state index is 15.2. The van der Waals surface area contributed by atoms with Gasteiger partial charge in [-0.1, -0.05) is 26.0 Å². The Hall–Kier alpha value is -3.67. The molecule has 0 aliphatic carbocycles. The number of methoxy groups -OCH3 is 1. The first kappa shape index (κ1) is 31.9. The fraction of sp³-hybridized carbons (Fsp3) is 0.345. The summed E-state index contributed by atoms with van der Waals surface area (Å²) in [5.74, 6) is -1.54. The number of ether oxygens (including phenoxy) is 1. The van der Waals surface area contributed by atoms with Crippen LogP contribution in [0.1, 0.15) is 60.6 Å². The minimum atomic E-state index is -5.14. The number of carbonyl (C=O) groups is 1. The molecule has 4 nitrogen and oxygen atoms in total. The smallest absolute Gasteiger partial charge is 0.416 e. The van der Waals surface area contributed by atoms with Gasteiger partial charge in [0.1, 0.15) is 17.4 Å². The van der Waals surface area contributed by atoms with E-state index in [0.717, 1.165) is 17.0 Å². The van der Waals surface area contributed by atoms with Crippen LogP contribution >= 0.6 is 0 Å². The molecule has 2 unspecified atom stereocenters. The Balaban J connectivity index is 2.07. The maximum Gasteiger partial charge on any atom is 0.416 e. The summed E-state index contributed by atoms with van der Waals surface area (Å²) in [5, 5.41) is 10.8. The van der Waals surface area contributed by atoms with Gasteiger partial charge < -0.3 is 14.7 Å². The van der Waals surface area contributed by atoms with E-state index in [2.05, 4.69) is 0 Å². The van der Waals surface area contributed by atoms with Gasteiger partial charge in [-0.3, -0.25) is 4.79 Å². The van der Waals surface area contributed by atoms with Gasteiger partial charge in [0.25, 0.3) is 0 Å². The molecule has 41 heavy (non-hydrogen) atoms. The number of aliphatic hydroxyl groups excluding tert-OH is 1. The zero-order chi connectivity index (χ0) is 30.9. The third-order valence-corrected chi connectivity index (χ3v) is 6.76. The molecule has 2 atom stereocenters. The number of aliphatic hydroxyl groups is 1. The van der Waals surface area contributed by atoms with E-state index in [1.165, 1.54) is 32.2 Å². The van der Waals surface area contributed by atoms with Crippen molar-refractivity contribution in [2.24, 2.45) is 0 Å². The molecule has 0 saturated heterocycles. The topological polar surface area (TPSA) is 49.8 Å². The van der Waals surface area contributed by atoms with Crippen LogP contribution in [0.2, 0.25) is 0 Å². The molecule has 0 saturated carbocycles. The Bertz CT molecular complexity index is 1370. The van der Waals surface area contributed by atoms with Crippen LogP contribution in [0.5, 0.6) is 5.75 Å². The van der Waals surface area contributed by atoms with Crippen molar-refractivity contribution in [2.45, 2.75) is 57.7 Å². The quantitative estimate of drug-likeness (QED) is 0.204. The van der Waals surface area contributed by atoms with Crippen molar-refractivity contribution in [3.8, 4) is 16.9 Å². The molecule has 3 rings (SSSR count). The number of hydrogen-bond acceptors (Lipinski definition) is 3. The number of carbonyl (C=O) groups excluding carboxylic acids is 1. The van der Waals surface area contributed by atoms with Crippen LogP contribution in [0.15, 0.2) is 48.5 Å². The van der Waals surface area contributed by atoms with E-state index in [4.69, 9.17) is 4.74 Å². The summed E-state index contributed by atoms with van der Waals surface area (Å²) in [6, 6.07) is 5.82. The van der Waals surface area contributed by atoms with E-state index in [9.17, 15) is 40.6 Å². The predicted molar refractivity (Wildman–Crippen MR) is 135 cm³/mol. The van der Waals surface area contributed by atoms with Crippen LogP contribution < -0.4 is 4.74 Å². The summed E-state index contributed by atoms with van der Waals surface area (Å²) in [5.41, 5.74) is -3.30. The van der Waals surface area contributed by atoms with Crippen molar-refractivity contribution >= 4 is 6.41 Å². The SMILES string of the molecule is COc1cc(F)c(C(C)C)cc1-c1cccc(F)c1CN(C=O)C(C)C(O)c1cc(C(F)(F)F)cc(C(F)(F)F)c1. The second-order valence-electron chi connectivity index (χ2n) is 9.80. The Kier molecular flexibility index (Phi) is 9.37.